The molecule has 22 heavy (non-hydrogen) atoms. The third-order valence-electron chi connectivity index (χ3n) is 5.20. The quantitative estimate of drug-likeness (QED) is 0.500. The molecule has 0 fully saturated rings. The molecular formula is C21H13P. The summed E-state index contributed by atoms with van der Waals surface area (Å²) in [5, 5.41) is 0. The van der Waals surface area contributed by atoms with Crippen LogP contribution in [0, 0.1) is 5.63 Å². The molecule has 0 saturated heterocycles. The Morgan fingerprint density at radius 2 is 1.00 bits per heavy atom. The molecule has 102 valence electrons. The maximum absolute atomic E-state index is 4.58. The van der Waals surface area contributed by atoms with Gasteiger partial charge in [0, 0.05) is 0 Å². The van der Waals surface area contributed by atoms with Crippen molar-refractivity contribution in [3.05, 3.63) is 106 Å². The Hall–Kier alpha value is -2.13. The van der Waals surface area contributed by atoms with Crippen LogP contribution in [0.5, 0.6) is 0 Å². The van der Waals surface area contributed by atoms with Crippen molar-refractivity contribution in [1.82, 2.24) is 0 Å². The average Bonchev–Trinajstić information content (AvgIpc) is 2.61. The fourth-order valence-corrected chi connectivity index (χ4v) is 4.75. The van der Waals surface area contributed by atoms with Gasteiger partial charge in [-0.2, -0.15) is 0 Å². The molecule has 0 heterocycles. The van der Waals surface area contributed by atoms with Crippen molar-refractivity contribution in [2.24, 2.45) is 0 Å². The normalized spacial score (nSPS) is 23.1. The summed E-state index contributed by atoms with van der Waals surface area (Å²) in [7, 11) is 4.58. The average molecular weight is 296 g/mol. The zero-order valence-electron chi connectivity index (χ0n) is 12.0. The van der Waals surface area contributed by atoms with Crippen LogP contribution in [0.25, 0.3) is 0 Å². The third-order valence-corrected chi connectivity index (χ3v) is 5.53. The Bertz CT molecular complexity index is 846. The Labute approximate surface area is 132 Å². The van der Waals surface area contributed by atoms with Crippen molar-refractivity contribution in [1.29, 1.82) is 0 Å². The van der Waals surface area contributed by atoms with E-state index in [0.29, 0.717) is 5.92 Å². The van der Waals surface area contributed by atoms with Gasteiger partial charge in [-0.3, -0.25) is 0 Å². The van der Waals surface area contributed by atoms with Crippen LogP contribution in [0.3, 0.4) is 0 Å². The monoisotopic (exact) mass is 296 g/mol. The van der Waals surface area contributed by atoms with E-state index in [-0.39, 0.29) is 5.41 Å². The van der Waals surface area contributed by atoms with Gasteiger partial charge >= 0.3 is 132 Å². The van der Waals surface area contributed by atoms with Gasteiger partial charge in [0.2, 0.25) is 0 Å². The van der Waals surface area contributed by atoms with Crippen molar-refractivity contribution in [2.45, 2.75) is 11.3 Å². The number of hydrogen-bond acceptors (Lipinski definition) is 0. The zero-order valence-corrected chi connectivity index (χ0v) is 12.8. The van der Waals surface area contributed by atoms with Crippen LogP contribution in [0.1, 0.15) is 39.3 Å². The van der Waals surface area contributed by atoms with Crippen LogP contribution in [0.15, 0.2) is 72.8 Å². The minimum absolute atomic E-state index is 0.326. The second-order valence-electron chi connectivity index (χ2n) is 6.06. The summed E-state index contributed by atoms with van der Waals surface area (Å²) in [6.45, 7) is 0. The second kappa shape index (κ2) is 4.20. The molecular weight excluding hydrogens is 283 g/mol. The van der Waals surface area contributed by atoms with E-state index in [2.05, 4.69) is 87.1 Å². The molecule has 3 aromatic rings. The van der Waals surface area contributed by atoms with Crippen LogP contribution < -0.4 is 0 Å². The summed E-state index contributed by atoms with van der Waals surface area (Å²) in [5.74, 6) is 0.326. The van der Waals surface area contributed by atoms with Gasteiger partial charge in [-0.25, -0.2) is 0 Å². The molecule has 3 aliphatic carbocycles. The fourth-order valence-electron chi connectivity index (χ4n) is 4.39. The number of benzene rings is 3. The molecule has 2 bridgehead atoms. The van der Waals surface area contributed by atoms with Crippen molar-refractivity contribution < 1.29 is 0 Å². The van der Waals surface area contributed by atoms with Gasteiger partial charge in [-0.05, 0) is 0 Å². The molecule has 0 unspecified atom stereocenters. The van der Waals surface area contributed by atoms with Gasteiger partial charge in [-0.15, -0.1) is 0 Å². The van der Waals surface area contributed by atoms with E-state index in [4.69, 9.17) is 0 Å². The van der Waals surface area contributed by atoms with Gasteiger partial charge < -0.3 is 0 Å². The Morgan fingerprint density at radius 3 is 1.36 bits per heavy atom. The topological polar surface area (TPSA) is 0 Å². The zero-order chi connectivity index (χ0) is 14.7. The van der Waals surface area contributed by atoms with E-state index in [1.807, 2.05) is 0 Å². The van der Waals surface area contributed by atoms with Crippen LogP contribution in [-0.4, -0.2) is 0 Å². The Morgan fingerprint density at radius 1 is 0.636 bits per heavy atom. The summed E-state index contributed by atoms with van der Waals surface area (Å²) < 4.78 is 0. The van der Waals surface area contributed by atoms with Crippen LogP contribution in [0.2, 0.25) is 0 Å². The molecule has 0 nitrogen and oxygen atoms in total. The molecule has 0 radical (unpaired) electrons. The van der Waals surface area contributed by atoms with E-state index >= 15 is 0 Å². The molecule has 3 aromatic carbocycles. The van der Waals surface area contributed by atoms with Crippen molar-refractivity contribution >= 4 is 8.70 Å². The number of hydrogen-bond donors (Lipinski definition) is 0. The first-order valence-electron chi connectivity index (χ1n) is 7.57. The SMILES string of the molecule is P#CC12c3ccccc3C(c3ccccc31)c1ccccc12. The maximum atomic E-state index is 4.58. The summed E-state index contributed by atoms with van der Waals surface area (Å²) in [6, 6.07) is 26.2. The van der Waals surface area contributed by atoms with Crippen molar-refractivity contribution in [3.8, 4) is 5.63 Å². The molecule has 0 aliphatic heterocycles. The van der Waals surface area contributed by atoms with Gasteiger partial charge in [0.15, 0.2) is 0 Å². The first-order chi connectivity index (χ1) is 10.9. The van der Waals surface area contributed by atoms with Crippen LogP contribution >= 0.6 is 8.70 Å². The summed E-state index contributed by atoms with van der Waals surface area (Å²) in [5.41, 5.74) is 11.2. The molecule has 3 aliphatic rings. The Balaban J connectivity index is 2.03. The molecule has 0 N–H and O–H groups in total. The summed E-state index contributed by atoms with van der Waals surface area (Å²) >= 11 is 0. The molecule has 0 spiro atoms. The van der Waals surface area contributed by atoms with Crippen LogP contribution in [0.4, 0.5) is 0 Å². The second-order valence-corrected chi connectivity index (χ2v) is 6.28. The van der Waals surface area contributed by atoms with Gasteiger partial charge in [0.25, 0.3) is 0 Å². The predicted octanol–water partition coefficient (Wildman–Crippen LogP) is 5.20. The van der Waals surface area contributed by atoms with Gasteiger partial charge in [0.05, 0.1) is 0 Å². The van der Waals surface area contributed by atoms with Crippen molar-refractivity contribution in [3.63, 3.8) is 0 Å². The molecule has 0 amide bonds. The van der Waals surface area contributed by atoms with Gasteiger partial charge in [0.1, 0.15) is 0 Å². The van der Waals surface area contributed by atoms with Gasteiger partial charge in [-0.1, -0.05) is 0 Å². The fraction of sp³-hybridized carbons (Fsp3) is 0.0952. The summed E-state index contributed by atoms with van der Waals surface area (Å²) in [4.78, 5) is 0. The van der Waals surface area contributed by atoms with Crippen molar-refractivity contribution in [2.75, 3.05) is 0 Å². The molecule has 0 aromatic heterocycles. The molecule has 1 heteroatoms. The van der Waals surface area contributed by atoms with E-state index in [0.717, 1.165) is 0 Å². The van der Waals surface area contributed by atoms with E-state index < -0.39 is 0 Å². The molecule has 0 saturated carbocycles. The molecule has 6 rings (SSSR count). The van der Waals surface area contributed by atoms with Crippen LogP contribution in [-0.2, 0) is 5.41 Å². The summed E-state index contributed by atoms with van der Waals surface area (Å²) in [6.07, 6.45) is 0. The molecule has 0 atom stereocenters. The Kier molecular flexibility index (Phi) is 2.37. The van der Waals surface area contributed by atoms with E-state index in [1.165, 1.54) is 33.4 Å². The number of rotatable bonds is 0. The predicted molar refractivity (Wildman–Crippen MR) is 91.0 cm³/mol. The first kappa shape index (κ1) is 12.4. The standard InChI is InChI=1S/C21H13P/c22-13-21-17-10-4-1-7-14(17)20(15-8-2-5-11-18(15)21)16-9-3-6-12-19(16)21/h1-12,20H. The third kappa shape index (κ3) is 1.25. The first-order valence-corrected chi connectivity index (χ1v) is 8.02. The van der Waals surface area contributed by atoms with E-state index in [9.17, 15) is 0 Å². The van der Waals surface area contributed by atoms with E-state index in [1.54, 1.807) is 0 Å². The minimum atomic E-state index is -0.359.